The number of amides is 1. The van der Waals surface area contributed by atoms with Crippen LogP contribution in [0.2, 0.25) is 0 Å². The van der Waals surface area contributed by atoms with Crippen LogP contribution < -0.4 is 0 Å². The Hall–Kier alpha value is -2.54. The van der Waals surface area contributed by atoms with Gasteiger partial charge in [-0.05, 0) is 24.1 Å². The molecule has 1 fully saturated rings. The third-order valence-electron chi connectivity index (χ3n) is 4.17. The highest BCUT2D eigenvalue weighted by atomic mass is 16.2. The molecule has 1 N–H and O–H groups in total. The maximum absolute atomic E-state index is 12.6. The lowest BCUT2D eigenvalue weighted by molar-refractivity contribution is 0.0755. The molecule has 0 saturated carbocycles. The van der Waals surface area contributed by atoms with Crippen molar-refractivity contribution in [1.29, 1.82) is 0 Å². The van der Waals surface area contributed by atoms with Gasteiger partial charge in [0.1, 0.15) is 11.4 Å². The minimum absolute atomic E-state index is 0.0989. The Balaban J connectivity index is 1.60. The number of aromatic nitrogens is 3. The summed E-state index contributed by atoms with van der Waals surface area (Å²) >= 11 is 0. The van der Waals surface area contributed by atoms with E-state index in [4.69, 9.17) is 0 Å². The number of aromatic amines is 1. The highest BCUT2D eigenvalue weighted by Crippen LogP contribution is 2.11. The van der Waals surface area contributed by atoms with Crippen molar-refractivity contribution >= 4 is 11.7 Å². The Morgan fingerprint density at radius 1 is 1.25 bits per heavy atom. The number of carbonyl (C=O) groups excluding carboxylic acids is 2. The van der Waals surface area contributed by atoms with Crippen LogP contribution in [-0.4, -0.2) is 62.9 Å². The summed E-state index contributed by atoms with van der Waals surface area (Å²) in [5.74, 6) is -0.248. The molecule has 1 amide bonds. The molecule has 3 rings (SSSR count). The molecule has 0 bridgehead atoms. The summed E-state index contributed by atoms with van der Waals surface area (Å²) in [5, 5.41) is 6.56. The van der Waals surface area contributed by atoms with Crippen LogP contribution in [0.1, 0.15) is 39.9 Å². The smallest absolute Gasteiger partial charge is 0.271 e. The lowest BCUT2D eigenvalue weighted by Crippen LogP contribution is -2.35. The first-order valence-electron chi connectivity index (χ1n) is 8.10. The number of Topliss-reactive ketones (excluding diaryl/α,β-unsaturated/α-hetero) is 1. The van der Waals surface area contributed by atoms with Crippen molar-refractivity contribution in [2.24, 2.45) is 0 Å². The van der Waals surface area contributed by atoms with Gasteiger partial charge < -0.3 is 4.90 Å². The van der Waals surface area contributed by atoms with Crippen LogP contribution in [0, 0.1) is 0 Å². The zero-order valence-electron chi connectivity index (χ0n) is 13.7. The summed E-state index contributed by atoms with van der Waals surface area (Å²) in [7, 11) is 0. The van der Waals surface area contributed by atoms with E-state index < -0.39 is 0 Å². The van der Waals surface area contributed by atoms with Gasteiger partial charge in [0.05, 0.1) is 0 Å². The van der Waals surface area contributed by atoms with Gasteiger partial charge in [-0.1, -0.05) is 6.07 Å². The summed E-state index contributed by atoms with van der Waals surface area (Å²) in [4.78, 5) is 32.2. The van der Waals surface area contributed by atoms with E-state index in [9.17, 15) is 9.59 Å². The lowest BCUT2D eigenvalue weighted by Gasteiger charge is -2.21. The predicted molar refractivity (Wildman–Crippen MR) is 88.6 cm³/mol. The molecule has 2 aromatic heterocycles. The van der Waals surface area contributed by atoms with Gasteiger partial charge in [-0.15, -0.1) is 0 Å². The van der Waals surface area contributed by atoms with E-state index in [-0.39, 0.29) is 11.7 Å². The van der Waals surface area contributed by atoms with Crippen LogP contribution in [0.25, 0.3) is 0 Å². The standard InChI is InChI=1S/C17H21N5O2/c1-13(23)15-10-16(20-19-15)17(24)22-7-3-6-21(8-9-22)12-14-4-2-5-18-11-14/h2,4-5,10-11H,3,6-9,12H2,1H3,(H,19,20). The number of rotatable bonds is 4. The molecule has 1 aliphatic heterocycles. The second-order valence-corrected chi connectivity index (χ2v) is 6.01. The Morgan fingerprint density at radius 3 is 2.83 bits per heavy atom. The fourth-order valence-electron chi connectivity index (χ4n) is 2.86. The molecular weight excluding hydrogens is 306 g/mol. The van der Waals surface area contributed by atoms with Gasteiger partial charge in [0.15, 0.2) is 5.78 Å². The van der Waals surface area contributed by atoms with Crippen molar-refractivity contribution in [2.75, 3.05) is 26.2 Å². The number of nitrogens with one attached hydrogen (secondary N) is 1. The van der Waals surface area contributed by atoms with Gasteiger partial charge >= 0.3 is 0 Å². The van der Waals surface area contributed by atoms with Crippen molar-refractivity contribution in [3.05, 3.63) is 47.5 Å². The number of hydrogen-bond donors (Lipinski definition) is 1. The summed E-state index contributed by atoms with van der Waals surface area (Å²) < 4.78 is 0. The van der Waals surface area contributed by atoms with Crippen molar-refractivity contribution in [1.82, 2.24) is 25.0 Å². The fourth-order valence-corrected chi connectivity index (χ4v) is 2.86. The van der Waals surface area contributed by atoms with Crippen LogP contribution in [0.4, 0.5) is 0 Å². The summed E-state index contributed by atoms with van der Waals surface area (Å²) in [6.07, 6.45) is 4.56. The molecule has 0 spiro atoms. The molecule has 126 valence electrons. The number of pyridine rings is 1. The molecule has 0 unspecified atom stereocenters. The molecule has 7 heteroatoms. The van der Waals surface area contributed by atoms with Crippen molar-refractivity contribution < 1.29 is 9.59 Å². The fraction of sp³-hybridized carbons (Fsp3) is 0.412. The van der Waals surface area contributed by atoms with E-state index in [2.05, 4.69) is 26.1 Å². The first-order valence-corrected chi connectivity index (χ1v) is 8.10. The number of hydrogen-bond acceptors (Lipinski definition) is 5. The van der Waals surface area contributed by atoms with Crippen molar-refractivity contribution in [2.45, 2.75) is 19.9 Å². The summed E-state index contributed by atoms with van der Waals surface area (Å²) in [6.45, 7) is 5.40. The molecule has 1 saturated heterocycles. The van der Waals surface area contributed by atoms with E-state index in [1.54, 1.807) is 6.20 Å². The van der Waals surface area contributed by atoms with E-state index in [0.717, 1.165) is 26.1 Å². The first-order chi connectivity index (χ1) is 11.6. The molecule has 1 aliphatic rings. The molecule has 2 aromatic rings. The van der Waals surface area contributed by atoms with Gasteiger partial charge in [-0.25, -0.2) is 0 Å². The van der Waals surface area contributed by atoms with Gasteiger partial charge in [-0.3, -0.25) is 24.6 Å². The van der Waals surface area contributed by atoms with Crippen LogP contribution >= 0.6 is 0 Å². The van der Waals surface area contributed by atoms with E-state index in [1.807, 2.05) is 17.2 Å². The van der Waals surface area contributed by atoms with Crippen molar-refractivity contribution in [3.8, 4) is 0 Å². The van der Waals surface area contributed by atoms with E-state index in [1.165, 1.54) is 18.6 Å². The average molecular weight is 327 g/mol. The number of H-pyrrole nitrogens is 1. The Kier molecular flexibility index (Phi) is 5.00. The third-order valence-corrected chi connectivity index (χ3v) is 4.17. The summed E-state index contributed by atoms with van der Waals surface area (Å²) in [5.41, 5.74) is 1.85. The molecule has 0 aromatic carbocycles. The first kappa shape index (κ1) is 16.3. The minimum Gasteiger partial charge on any atom is -0.336 e. The highest BCUT2D eigenvalue weighted by molar-refractivity contribution is 5.97. The number of carbonyl (C=O) groups is 2. The van der Waals surface area contributed by atoms with Gasteiger partial charge in [0, 0.05) is 52.0 Å². The topological polar surface area (TPSA) is 82.2 Å². The molecule has 0 radical (unpaired) electrons. The summed E-state index contributed by atoms with van der Waals surface area (Å²) in [6, 6.07) is 5.53. The van der Waals surface area contributed by atoms with Gasteiger partial charge in [0.25, 0.3) is 5.91 Å². The van der Waals surface area contributed by atoms with Crippen LogP contribution in [-0.2, 0) is 6.54 Å². The molecule has 7 nitrogen and oxygen atoms in total. The molecule has 0 atom stereocenters. The maximum atomic E-state index is 12.6. The van der Waals surface area contributed by atoms with Crippen LogP contribution in [0.5, 0.6) is 0 Å². The van der Waals surface area contributed by atoms with Gasteiger partial charge in [0.2, 0.25) is 0 Å². The Bertz CT molecular complexity index is 713. The van der Waals surface area contributed by atoms with E-state index in [0.29, 0.717) is 24.5 Å². The monoisotopic (exact) mass is 327 g/mol. The second kappa shape index (κ2) is 7.35. The zero-order chi connectivity index (χ0) is 16.9. The van der Waals surface area contributed by atoms with Crippen LogP contribution in [0.3, 0.4) is 0 Å². The second-order valence-electron chi connectivity index (χ2n) is 6.01. The zero-order valence-corrected chi connectivity index (χ0v) is 13.7. The predicted octanol–water partition coefficient (Wildman–Crippen LogP) is 1.36. The molecular formula is C17H21N5O2. The minimum atomic E-state index is -0.149. The quantitative estimate of drug-likeness (QED) is 0.857. The van der Waals surface area contributed by atoms with Gasteiger partial charge in [-0.2, -0.15) is 5.10 Å². The Morgan fingerprint density at radius 2 is 2.12 bits per heavy atom. The maximum Gasteiger partial charge on any atom is 0.271 e. The number of nitrogens with zero attached hydrogens (tertiary/aromatic N) is 4. The normalized spacial score (nSPS) is 16.0. The SMILES string of the molecule is CC(=O)c1cc(C(=O)N2CCCN(Cc3cccnc3)CC2)[nH]n1. The molecule has 24 heavy (non-hydrogen) atoms. The molecule has 0 aliphatic carbocycles. The van der Waals surface area contributed by atoms with Crippen LogP contribution in [0.15, 0.2) is 30.6 Å². The Labute approximate surface area is 140 Å². The lowest BCUT2D eigenvalue weighted by atomic mass is 10.2. The van der Waals surface area contributed by atoms with Crippen molar-refractivity contribution in [3.63, 3.8) is 0 Å². The number of ketones is 1. The highest BCUT2D eigenvalue weighted by Gasteiger charge is 2.22. The third kappa shape index (κ3) is 3.86. The van der Waals surface area contributed by atoms with E-state index >= 15 is 0 Å². The largest absolute Gasteiger partial charge is 0.336 e. The molecule has 3 heterocycles. The average Bonchev–Trinajstić information content (AvgIpc) is 2.97.